The molecule has 1 aromatic carbocycles. The summed E-state index contributed by atoms with van der Waals surface area (Å²) in [4.78, 5) is -0.122. The van der Waals surface area contributed by atoms with Crippen LogP contribution < -0.4 is 4.72 Å². The number of rotatable bonds is 5. The molecule has 1 aromatic rings. The molecule has 0 aliphatic carbocycles. The Morgan fingerprint density at radius 3 is 1.85 bits per heavy atom. The highest BCUT2D eigenvalue weighted by atomic mass is 35.7. The minimum absolute atomic E-state index is 0.00970. The maximum Gasteiger partial charge on any atom is 0.261 e. The molecule has 0 radical (unpaired) electrons. The Balaban J connectivity index is 2.84. The van der Waals surface area contributed by atoms with Gasteiger partial charge in [0.25, 0.3) is 9.05 Å². The molecule has 0 spiro atoms. The Hall–Kier alpha value is -0.630. The molecule has 114 valence electrons. The number of benzene rings is 1. The smallest absolute Gasteiger partial charge is 0.211 e. The highest BCUT2D eigenvalue weighted by molar-refractivity contribution is 8.13. The van der Waals surface area contributed by atoms with Crippen LogP contribution in [0.25, 0.3) is 0 Å². The van der Waals surface area contributed by atoms with Crippen LogP contribution in [0.15, 0.2) is 34.1 Å². The first-order valence-corrected chi connectivity index (χ1v) is 9.75. The standard InChI is InChI=1S/C12H18ClNO4S2/c1-12(2,3)8-9-14-20(17,18)11-6-4-10(5-7-11)19(13,15)16/h4-7,14H,8-9H2,1-3H3. The van der Waals surface area contributed by atoms with Gasteiger partial charge >= 0.3 is 0 Å². The Morgan fingerprint density at radius 2 is 1.45 bits per heavy atom. The third kappa shape index (κ3) is 5.40. The maximum atomic E-state index is 12.0. The molecule has 0 saturated heterocycles. The van der Waals surface area contributed by atoms with Crippen LogP contribution in [0, 0.1) is 5.41 Å². The topological polar surface area (TPSA) is 80.3 Å². The predicted octanol–water partition coefficient (Wildman–Crippen LogP) is 2.33. The molecule has 0 aliphatic heterocycles. The number of nitrogens with one attached hydrogen (secondary N) is 1. The normalized spacial score (nSPS) is 13.4. The van der Waals surface area contributed by atoms with Crippen molar-refractivity contribution in [1.82, 2.24) is 4.72 Å². The van der Waals surface area contributed by atoms with Crippen LogP contribution in [0.4, 0.5) is 0 Å². The maximum absolute atomic E-state index is 12.0. The van der Waals surface area contributed by atoms with Gasteiger partial charge in [0, 0.05) is 17.2 Å². The van der Waals surface area contributed by atoms with E-state index in [1.807, 2.05) is 20.8 Å². The van der Waals surface area contributed by atoms with Crippen molar-refractivity contribution in [3.05, 3.63) is 24.3 Å². The Kier molecular flexibility index (Phi) is 5.23. The zero-order valence-electron chi connectivity index (χ0n) is 11.6. The monoisotopic (exact) mass is 339 g/mol. The summed E-state index contributed by atoms with van der Waals surface area (Å²) in [5, 5.41) is 0. The molecular weight excluding hydrogens is 322 g/mol. The first-order valence-electron chi connectivity index (χ1n) is 5.96. The summed E-state index contributed by atoms with van der Waals surface area (Å²) >= 11 is 0. The third-order valence-corrected chi connectivity index (χ3v) is 5.43. The lowest BCUT2D eigenvalue weighted by Crippen LogP contribution is -2.27. The van der Waals surface area contributed by atoms with Crippen molar-refractivity contribution in [1.29, 1.82) is 0 Å². The molecule has 0 aliphatic rings. The van der Waals surface area contributed by atoms with Crippen molar-refractivity contribution >= 4 is 29.8 Å². The molecule has 20 heavy (non-hydrogen) atoms. The van der Waals surface area contributed by atoms with E-state index < -0.39 is 19.1 Å². The van der Waals surface area contributed by atoms with E-state index in [0.29, 0.717) is 13.0 Å². The molecule has 0 atom stereocenters. The van der Waals surface area contributed by atoms with Gasteiger partial charge < -0.3 is 0 Å². The molecule has 0 fully saturated rings. The van der Waals surface area contributed by atoms with Gasteiger partial charge in [-0.25, -0.2) is 21.6 Å². The largest absolute Gasteiger partial charge is 0.261 e. The van der Waals surface area contributed by atoms with E-state index in [1.54, 1.807) is 0 Å². The second-order valence-electron chi connectivity index (χ2n) is 5.62. The Labute approximate surface area is 124 Å². The van der Waals surface area contributed by atoms with Crippen LogP contribution in [0.1, 0.15) is 27.2 Å². The molecule has 8 heteroatoms. The second-order valence-corrected chi connectivity index (χ2v) is 9.95. The fraction of sp³-hybridized carbons (Fsp3) is 0.500. The first kappa shape index (κ1) is 17.4. The average Bonchev–Trinajstić information content (AvgIpc) is 2.26. The average molecular weight is 340 g/mol. The van der Waals surface area contributed by atoms with E-state index in [9.17, 15) is 16.8 Å². The molecule has 0 unspecified atom stereocenters. The lowest BCUT2D eigenvalue weighted by atomic mass is 9.93. The lowest BCUT2D eigenvalue weighted by molar-refractivity contribution is 0.378. The number of hydrogen-bond donors (Lipinski definition) is 1. The predicted molar refractivity (Wildman–Crippen MR) is 78.7 cm³/mol. The quantitative estimate of drug-likeness (QED) is 0.835. The van der Waals surface area contributed by atoms with Crippen molar-refractivity contribution in [2.45, 2.75) is 37.0 Å². The van der Waals surface area contributed by atoms with Gasteiger partial charge in [-0.05, 0) is 36.1 Å². The Morgan fingerprint density at radius 1 is 1.00 bits per heavy atom. The molecule has 0 saturated carbocycles. The van der Waals surface area contributed by atoms with Gasteiger partial charge in [-0.1, -0.05) is 20.8 Å². The van der Waals surface area contributed by atoms with Gasteiger partial charge in [-0.3, -0.25) is 0 Å². The Bertz CT molecular complexity index is 658. The van der Waals surface area contributed by atoms with Crippen LogP contribution in [0.5, 0.6) is 0 Å². The van der Waals surface area contributed by atoms with Gasteiger partial charge in [0.15, 0.2) is 0 Å². The van der Waals surface area contributed by atoms with Crippen molar-refractivity contribution in [2.75, 3.05) is 6.54 Å². The van der Waals surface area contributed by atoms with Crippen LogP contribution in [0.2, 0.25) is 0 Å². The summed E-state index contributed by atoms with van der Waals surface area (Å²) < 4.78 is 48.6. The minimum atomic E-state index is -3.84. The third-order valence-electron chi connectivity index (χ3n) is 2.58. The zero-order chi connectivity index (χ0) is 15.6. The van der Waals surface area contributed by atoms with E-state index >= 15 is 0 Å². The summed E-state index contributed by atoms with van der Waals surface area (Å²) in [6.45, 7) is 6.37. The van der Waals surface area contributed by atoms with E-state index in [-0.39, 0.29) is 15.2 Å². The van der Waals surface area contributed by atoms with Gasteiger partial charge in [0.05, 0.1) is 9.79 Å². The number of hydrogen-bond acceptors (Lipinski definition) is 4. The van der Waals surface area contributed by atoms with Crippen LogP contribution in [0.3, 0.4) is 0 Å². The fourth-order valence-corrected chi connectivity index (χ4v) is 3.23. The molecule has 5 nitrogen and oxygen atoms in total. The van der Waals surface area contributed by atoms with E-state index in [2.05, 4.69) is 4.72 Å². The van der Waals surface area contributed by atoms with Gasteiger partial charge in [0.1, 0.15) is 0 Å². The van der Waals surface area contributed by atoms with E-state index in [0.717, 1.165) is 0 Å². The van der Waals surface area contributed by atoms with Crippen molar-refractivity contribution < 1.29 is 16.8 Å². The zero-order valence-corrected chi connectivity index (χ0v) is 13.9. The SMILES string of the molecule is CC(C)(C)CCNS(=O)(=O)c1ccc(S(=O)(=O)Cl)cc1. The van der Waals surface area contributed by atoms with Gasteiger partial charge in [-0.15, -0.1) is 0 Å². The minimum Gasteiger partial charge on any atom is -0.211 e. The van der Waals surface area contributed by atoms with Crippen molar-refractivity contribution in [2.24, 2.45) is 5.41 Å². The summed E-state index contributed by atoms with van der Waals surface area (Å²) in [5.41, 5.74) is 0.0269. The number of sulfonamides is 1. The summed E-state index contributed by atoms with van der Waals surface area (Å²) in [7, 11) is -2.31. The summed E-state index contributed by atoms with van der Waals surface area (Å²) in [5.74, 6) is 0. The second kappa shape index (κ2) is 6.01. The molecule has 0 aromatic heterocycles. The van der Waals surface area contributed by atoms with Crippen LogP contribution in [-0.4, -0.2) is 23.4 Å². The fourth-order valence-electron chi connectivity index (χ4n) is 1.43. The lowest BCUT2D eigenvalue weighted by Gasteiger charge is -2.18. The van der Waals surface area contributed by atoms with Crippen LogP contribution in [-0.2, 0) is 19.1 Å². The molecule has 1 N–H and O–H groups in total. The van der Waals surface area contributed by atoms with E-state index in [4.69, 9.17) is 10.7 Å². The molecule has 0 amide bonds. The molecule has 0 heterocycles. The van der Waals surface area contributed by atoms with Crippen molar-refractivity contribution in [3.8, 4) is 0 Å². The molecule has 1 rings (SSSR count). The molecular formula is C12H18ClNO4S2. The van der Waals surface area contributed by atoms with Gasteiger partial charge in [0.2, 0.25) is 10.0 Å². The highest BCUT2D eigenvalue weighted by Gasteiger charge is 2.17. The van der Waals surface area contributed by atoms with Crippen molar-refractivity contribution in [3.63, 3.8) is 0 Å². The van der Waals surface area contributed by atoms with Gasteiger partial charge in [-0.2, -0.15) is 0 Å². The number of halogens is 1. The summed E-state index contributed by atoms with van der Waals surface area (Å²) in [6, 6.07) is 4.77. The molecule has 0 bridgehead atoms. The summed E-state index contributed by atoms with van der Waals surface area (Å²) in [6.07, 6.45) is 0.695. The van der Waals surface area contributed by atoms with Crippen LogP contribution >= 0.6 is 10.7 Å². The highest BCUT2D eigenvalue weighted by Crippen LogP contribution is 2.19. The van der Waals surface area contributed by atoms with E-state index in [1.165, 1.54) is 24.3 Å². The first-order chi connectivity index (χ1) is 8.92.